The Bertz CT molecular complexity index is 167. The summed E-state index contributed by atoms with van der Waals surface area (Å²) in [6, 6.07) is 0. The van der Waals surface area contributed by atoms with Gasteiger partial charge < -0.3 is 10.5 Å². The maximum Gasteiger partial charge on any atom is 0.129 e. The van der Waals surface area contributed by atoms with Gasteiger partial charge in [0.2, 0.25) is 0 Å². The topological polar surface area (TPSA) is 47.6 Å². The van der Waals surface area contributed by atoms with Crippen molar-refractivity contribution in [1.29, 1.82) is 0 Å². The van der Waals surface area contributed by atoms with Gasteiger partial charge in [-0.3, -0.25) is 4.99 Å². The van der Waals surface area contributed by atoms with Gasteiger partial charge in [-0.2, -0.15) is 0 Å². The van der Waals surface area contributed by atoms with Crippen LogP contribution in [0.1, 0.15) is 20.8 Å². The summed E-state index contributed by atoms with van der Waals surface area (Å²) in [6.07, 6.45) is 3.03. The number of nitrogens with zero attached hydrogens (tertiary/aromatic N) is 1. The zero-order chi connectivity index (χ0) is 9.98. The molecular weight excluding hydrogens is 152 g/mol. The summed E-state index contributed by atoms with van der Waals surface area (Å²) in [5, 5.41) is 0. The largest absolute Gasteiger partial charge is 0.496 e. The Kier molecular flexibility index (Phi) is 10.8. The zero-order valence-corrected chi connectivity index (χ0v) is 8.29. The number of nitrogens with two attached hydrogens (primary N) is 1. The van der Waals surface area contributed by atoms with Crippen LogP contribution in [0, 0.1) is 0 Å². The van der Waals surface area contributed by atoms with E-state index in [4.69, 9.17) is 10.5 Å². The average molecular weight is 170 g/mol. The lowest BCUT2D eigenvalue weighted by molar-refractivity contribution is 0.319. The van der Waals surface area contributed by atoms with E-state index in [0.717, 1.165) is 0 Å². The second-order valence-electron chi connectivity index (χ2n) is 1.82. The number of aliphatic imine (C=N–C) groups is 1. The zero-order valence-electron chi connectivity index (χ0n) is 8.29. The van der Waals surface area contributed by atoms with Gasteiger partial charge in [-0.1, -0.05) is 20.4 Å². The van der Waals surface area contributed by atoms with Crippen LogP contribution in [0.25, 0.3) is 0 Å². The molecule has 0 aromatic heterocycles. The highest BCUT2D eigenvalue weighted by molar-refractivity contribution is 5.75. The van der Waals surface area contributed by atoms with Crippen molar-refractivity contribution in [3.63, 3.8) is 0 Å². The summed E-state index contributed by atoms with van der Waals surface area (Å²) >= 11 is 0. The van der Waals surface area contributed by atoms with E-state index in [9.17, 15) is 0 Å². The summed E-state index contributed by atoms with van der Waals surface area (Å²) in [5.74, 6) is 0.512. The van der Waals surface area contributed by atoms with Crippen LogP contribution in [-0.4, -0.2) is 13.3 Å². The third-order valence-corrected chi connectivity index (χ3v) is 0.759. The number of methoxy groups -OCH3 is 1. The van der Waals surface area contributed by atoms with Crippen LogP contribution in [-0.2, 0) is 4.74 Å². The van der Waals surface area contributed by atoms with Crippen molar-refractivity contribution in [2.45, 2.75) is 20.8 Å². The summed E-state index contributed by atoms with van der Waals surface area (Å²) in [4.78, 5) is 3.81. The molecule has 2 N–H and O–H groups in total. The van der Waals surface area contributed by atoms with Crippen molar-refractivity contribution < 1.29 is 4.74 Å². The van der Waals surface area contributed by atoms with E-state index >= 15 is 0 Å². The van der Waals surface area contributed by atoms with Crippen LogP contribution in [0.2, 0.25) is 0 Å². The lowest BCUT2D eigenvalue weighted by Crippen LogP contribution is -1.89. The van der Waals surface area contributed by atoms with Gasteiger partial charge in [-0.15, -0.1) is 0 Å². The highest BCUT2D eigenvalue weighted by Gasteiger charge is 1.79. The molecule has 0 unspecified atom stereocenters. The first kappa shape index (κ1) is 13.3. The molecular formula is C9H18N2O. The van der Waals surface area contributed by atoms with Gasteiger partial charge in [0.25, 0.3) is 0 Å². The van der Waals surface area contributed by atoms with Gasteiger partial charge in [0.15, 0.2) is 0 Å². The first-order valence-electron chi connectivity index (χ1n) is 3.85. The first-order chi connectivity index (χ1) is 5.66. The predicted molar refractivity (Wildman–Crippen MR) is 53.9 cm³/mol. The summed E-state index contributed by atoms with van der Waals surface area (Å²) in [7, 11) is 1.54. The minimum Gasteiger partial charge on any atom is -0.496 e. The molecule has 0 bridgehead atoms. The molecule has 3 heteroatoms. The fraction of sp³-hybridized carbons (Fsp3) is 0.444. The predicted octanol–water partition coefficient (Wildman–Crippen LogP) is 2.06. The molecule has 0 saturated carbocycles. The van der Waals surface area contributed by atoms with E-state index in [1.165, 1.54) is 19.5 Å². The Balaban J connectivity index is 0. The number of hydrogen-bond acceptors (Lipinski definition) is 3. The third-order valence-electron chi connectivity index (χ3n) is 0.759. The standard InChI is InChI=1S/C7H12N2O.C2H6/c1-6(8)4-9-5-7(2)10-3;1-2/h4-5H,2,8H2,1,3H3;1-2H3/b6-4+,9-5?;. The van der Waals surface area contributed by atoms with Crippen molar-refractivity contribution in [1.82, 2.24) is 0 Å². The highest BCUT2D eigenvalue weighted by Crippen LogP contribution is 1.86. The molecule has 0 fully saturated rings. The van der Waals surface area contributed by atoms with E-state index in [2.05, 4.69) is 11.6 Å². The summed E-state index contributed by atoms with van der Waals surface area (Å²) in [6.45, 7) is 9.29. The van der Waals surface area contributed by atoms with Crippen LogP contribution < -0.4 is 5.73 Å². The van der Waals surface area contributed by atoms with E-state index in [0.29, 0.717) is 11.5 Å². The molecule has 12 heavy (non-hydrogen) atoms. The van der Waals surface area contributed by atoms with Crippen molar-refractivity contribution in [3.05, 3.63) is 24.2 Å². The molecule has 0 atom stereocenters. The molecule has 0 rings (SSSR count). The maximum atomic E-state index is 5.30. The van der Waals surface area contributed by atoms with E-state index in [-0.39, 0.29) is 0 Å². The number of rotatable bonds is 3. The molecule has 0 aliphatic carbocycles. The smallest absolute Gasteiger partial charge is 0.129 e. The average Bonchev–Trinajstić information content (AvgIpc) is 2.07. The summed E-state index contributed by atoms with van der Waals surface area (Å²) < 4.78 is 4.72. The molecule has 0 aliphatic rings. The molecule has 0 aliphatic heterocycles. The van der Waals surface area contributed by atoms with Gasteiger partial charge in [0, 0.05) is 11.9 Å². The second kappa shape index (κ2) is 9.75. The first-order valence-corrected chi connectivity index (χ1v) is 3.85. The normalized spacial score (nSPS) is 10.5. The second-order valence-corrected chi connectivity index (χ2v) is 1.82. The lowest BCUT2D eigenvalue weighted by Gasteiger charge is -1.92. The Hall–Kier alpha value is -1.25. The van der Waals surface area contributed by atoms with Gasteiger partial charge in [-0.05, 0) is 6.92 Å². The van der Waals surface area contributed by atoms with E-state index in [1.807, 2.05) is 13.8 Å². The van der Waals surface area contributed by atoms with Crippen LogP contribution in [0.5, 0.6) is 0 Å². The van der Waals surface area contributed by atoms with Gasteiger partial charge >= 0.3 is 0 Å². The SMILES string of the molecule is C=C(C=N/C=C(\C)N)OC.CC. The Labute approximate surface area is 74.6 Å². The molecule has 0 heterocycles. The fourth-order valence-corrected chi connectivity index (χ4v) is 0.291. The minimum atomic E-state index is 0.512. The van der Waals surface area contributed by atoms with E-state index in [1.54, 1.807) is 6.92 Å². The quantitative estimate of drug-likeness (QED) is 0.520. The number of ether oxygens (including phenoxy) is 1. The van der Waals surface area contributed by atoms with Crippen LogP contribution in [0.3, 0.4) is 0 Å². The molecule has 0 radical (unpaired) electrons. The van der Waals surface area contributed by atoms with Crippen LogP contribution in [0.4, 0.5) is 0 Å². The monoisotopic (exact) mass is 170 g/mol. The molecule has 0 aromatic carbocycles. The van der Waals surface area contributed by atoms with Crippen molar-refractivity contribution in [2.75, 3.05) is 7.11 Å². The van der Waals surface area contributed by atoms with Gasteiger partial charge in [0.05, 0.1) is 13.3 Å². The van der Waals surface area contributed by atoms with Crippen LogP contribution >= 0.6 is 0 Å². The molecule has 0 spiro atoms. The van der Waals surface area contributed by atoms with Crippen molar-refractivity contribution in [3.8, 4) is 0 Å². The Morgan fingerprint density at radius 3 is 2.33 bits per heavy atom. The van der Waals surface area contributed by atoms with Gasteiger partial charge in [-0.25, -0.2) is 0 Å². The minimum absolute atomic E-state index is 0.512. The summed E-state index contributed by atoms with van der Waals surface area (Å²) in [5.41, 5.74) is 5.95. The van der Waals surface area contributed by atoms with Gasteiger partial charge in [0.1, 0.15) is 5.76 Å². The molecule has 0 saturated heterocycles. The van der Waals surface area contributed by atoms with Crippen LogP contribution in [0.15, 0.2) is 29.2 Å². The lowest BCUT2D eigenvalue weighted by atomic mass is 10.5. The Morgan fingerprint density at radius 1 is 1.50 bits per heavy atom. The molecule has 0 amide bonds. The highest BCUT2D eigenvalue weighted by atomic mass is 16.5. The Morgan fingerprint density at radius 2 is 2.00 bits per heavy atom. The number of allylic oxidation sites excluding steroid dienone is 2. The molecule has 0 aromatic rings. The van der Waals surface area contributed by atoms with Crippen molar-refractivity contribution in [2.24, 2.45) is 10.7 Å². The molecule has 3 nitrogen and oxygen atoms in total. The molecule has 70 valence electrons. The third kappa shape index (κ3) is 11.5. The maximum absolute atomic E-state index is 5.30. The van der Waals surface area contributed by atoms with E-state index < -0.39 is 0 Å². The van der Waals surface area contributed by atoms with Crippen molar-refractivity contribution >= 4 is 6.21 Å². The number of hydrogen-bond donors (Lipinski definition) is 1. The fourth-order valence-electron chi connectivity index (χ4n) is 0.291.